The Balaban J connectivity index is 2.27. The maximum atomic E-state index is 14.9. The number of aromatic nitrogens is 1. The van der Waals surface area contributed by atoms with Gasteiger partial charge < -0.3 is 19.7 Å². The number of aryl methyl sites for hydroxylation is 2. The van der Waals surface area contributed by atoms with Crippen molar-refractivity contribution in [2.45, 2.75) is 39.8 Å². The zero-order chi connectivity index (χ0) is 19.2. The van der Waals surface area contributed by atoms with Crippen LogP contribution in [0.5, 0.6) is 0 Å². The number of anilines is 1. The Hall–Kier alpha value is -2.41. The number of carboxylic acid groups (broad SMARTS) is 1. The number of nitrogens with zero attached hydrogens (tertiary/aromatic N) is 2. The van der Waals surface area contributed by atoms with Gasteiger partial charge >= 0.3 is 5.97 Å². The van der Waals surface area contributed by atoms with E-state index < -0.39 is 23.3 Å². The predicted molar refractivity (Wildman–Crippen MR) is 97.5 cm³/mol. The van der Waals surface area contributed by atoms with Gasteiger partial charge in [0.15, 0.2) is 0 Å². The second-order valence-electron chi connectivity index (χ2n) is 6.97. The Morgan fingerprint density at radius 1 is 1.42 bits per heavy atom. The van der Waals surface area contributed by atoms with Crippen LogP contribution in [0.2, 0.25) is 0 Å². The first kappa shape index (κ1) is 18.4. The van der Waals surface area contributed by atoms with Gasteiger partial charge in [-0.2, -0.15) is 0 Å². The zero-order valence-corrected chi connectivity index (χ0v) is 15.1. The third kappa shape index (κ3) is 2.86. The summed E-state index contributed by atoms with van der Waals surface area (Å²) in [6, 6.07) is 1.15. The Bertz CT molecular complexity index is 938. The largest absolute Gasteiger partial charge is 0.477 e. The minimum absolute atomic E-state index is 0.0148. The molecular weight excluding hydrogens is 339 g/mol. The lowest BCUT2D eigenvalue weighted by atomic mass is 9.95. The third-order valence-electron chi connectivity index (χ3n) is 5.27. The first-order chi connectivity index (χ1) is 12.3. The highest BCUT2D eigenvalue weighted by Gasteiger charge is 2.28. The molecule has 2 atom stereocenters. The number of hydrogen-bond donors (Lipinski definition) is 2. The van der Waals surface area contributed by atoms with Crippen LogP contribution in [0.4, 0.5) is 10.1 Å². The average molecular weight is 362 g/mol. The maximum absolute atomic E-state index is 14.9. The van der Waals surface area contributed by atoms with Crippen LogP contribution in [0.1, 0.15) is 36.2 Å². The number of aliphatic hydroxyl groups is 1. The minimum Gasteiger partial charge on any atom is -0.477 e. The number of aromatic carboxylic acids is 1. The number of piperidine rings is 1. The summed E-state index contributed by atoms with van der Waals surface area (Å²) >= 11 is 0. The first-order valence-electron chi connectivity index (χ1n) is 8.78. The van der Waals surface area contributed by atoms with Crippen molar-refractivity contribution in [1.82, 2.24) is 4.57 Å². The smallest absolute Gasteiger partial charge is 0.341 e. The minimum atomic E-state index is -1.32. The maximum Gasteiger partial charge on any atom is 0.341 e. The number of carboxylic acids is 1. The van der Waals surface area contributed by atoms with Crippen molar-refractivity contribution in [3.8, 4) is 0 Å². The lowest BCUT2D eigenvalue weighted by molar-refractivity contribution is 0.0694. The van der Waals surface area contributed by atoms with Crippen LogP contribution in [-0.2, 0) is 6.54 Å². The van der Waals surface area contributed by atoms with Crippen molar-refractivity contribution in [1.29, 1.82) is 0 Å². The van der Waals surface area contributed by atoms with Crippen LogP contribution in [0, 0.1) is 18.7 Å². The summed E-state index contributed by atoms with van der Waals surface area (Å²) in [6.45, 7) is 7.02. The normalized spacial score (nSPS) is 20.6. The molecule has 0 bridgehead atoms. The van der Waals surface area contributed by atoms with E-state index in [2.05, 4.69) is 0 Å². The number of benzene rings is 1. The van der Waals surface area contributed by atoms with Gasteiger partial charge in [0.05, 0.1) is 17.3 Å². The van der Waals surface area contributed by atoms with Crippen molar-refractivity contribution in [2.75, 3.05) is 18.0 Å². The van der Waals surface area contributed by atoms with Gasteiger partial charge in [0, 0.05) is 31.2 Å². The van der Waals surface area contributed by atoms with E-state index in [1.165, 1.54) is 6.20 Å². The van der Waals surface area contributed by atoms with Gasteiger partial charge in [-0.3, -0.25) is 4.79 Å². The summed E-state index contributed by atoms with van der Waals surface area (Å²) in [5.41, 5.74) is 0.548. The first-order valence-corrected chi connectivity index (χ1v) is 8.78. The number of pyridine rings is 1. The molecule has 2 heterocycles. The van der Waals surface area contributed by atoms with E-state index in [4.69, 9.17) is 0 Å². The Kier molecular flexibility index (Phi) is 4.75. The molecule has 0 radical (unpaired) electrons. The highest BCUT2D eigenvalue weighted by atomic mass is 19.1. The molecule has 0 aliphatic carbocycles. The van der Waals surface area contributed by atoms with Gasteiger partial charge in [-0.15, -0.1) is 0 Å². The lowest BCUT2D eigenvalue weighted by Crippen LogP contribution is -2.42. The molecule has 7 heteroatoms. The Morgan fingerprint density at radius 2 is 2.12 bits per heavy atom. The van der Waals surface area contributed by atoms with E-state index in [1.54, 1.807) is 11.5 Å². The van der Waals surface area contributed by atoms with Crippen molar-refractivity contribution >= 4 is 22.6 Å². The van der Waals surface area contributed by atoms with Crippen molar-refractivity contribution in [2.24, 2.45) is 5.92 Å². The highest BCUT2D eigenvalue weighted by Crippen LogP contribution is 2.33. The molecule has 1 fully saturated rings. The summed E-state index contributed by atoms with van der Waals surface area (Å²) in [7, 11) is 0. The molecule has 140 valence electrons. The second kappa shape index (κ2) is 6.72. The standard InChI is InChI=1S/C19H23FN2O4/c1-4-21-9-13(19(25)26)18(24)12-7-14(20)17(11(3)16(12)21)22-6-5-15(23)10(2)8-22/h7,9-10,15,23H,4-6,8H2,1-3H3,(H,25,26)/t10-,15+/m1/s1. The summed E-state index contributed by atoms with van der Waals surface area (Å²) in [4.78, 5) is 25.8. The van der Waals surface area contributed by atoms with Gasteiger partial charge in [0.2, 0.25) is 5.43 Å². The van der Waals surface area contributed by atoms with Crippen LogP contribution in [0.3, 0.4) is 0 Å². The molecule has 26 heavy (non-hydrogen) atoms. The number of hydrogen-bond acceptors (Lipinski definition) is 4. The molecular formula is C19H23FN2O4. The van der Waals surface area contributed by atoms with Gasteiger partial charge in [0.1, 0.15) is 11.4 Å². The van der Waals surface area contributed by atoms with E-state index in [0.717, 1.165) is 6.07 Å². The van der Waals surface area contributed by atoms with Crippen LogP contribution in [0.15, 0.2) is 17.1 Å². The summed E-state index contributed by atoms with van der Waals surface area (Å²) in [5, 5.41) is 19.3. The highest BCUT2D eigenvalue weighted by molar-refractivity contribution is 5.95. The molecule has 1 aliphatic heterocycles. The van der Waals surface area contributed by atoms with Crippen LogP contribution in [0.25, 0.3) is 10.9 Å². The van der Waals surface area contributed by atoms with Crippen LogP contribution < -0.4 is 10.3 Å². The predicted octanol–water partition coefficient (Wildman–Crippen LogP) is 2.37. The second-order valence-corrected chi connectivity index (χ2v) is 6.97. The molecule has 2 aromatic rings. The quantitative estimate of drug-likeness (QED) is 0.876. The van der Waals surface area contributed by atoms with Gasteiger partial charge in [-0.25, -0.2) is 9.18 Å². The van der Waals surface area contributed by atoms with E-state index >= 15 is 0 Å². The van der Waals surface area contributed by atoms with E-state index in [-0.39, 0.29) is 16.9 Å². The molecule has 0 spiro atoms. The molecule has 1 saturated heterocycles. The van der Waals surface area contributed by atoms with Crippen molar-refractivity contribution in [3.05, 3.63) is 39.4 Å². The molecule has 3 rings (SSSR count). The number of fused-ring (bicyclic) bond motifs is 1. The molecule has 0 saturated carbocycles. The third-order valence-corrected chi connectivity index (χ3v) is 5.27. The van der Waals surface area contributed by atoms with E-state index in [9.17, 15) is 24.2 Å². The molecule has 1 aliphatic rings. The fraction of sp³-hybridized carbons (Fsp3) is 0.474. The van der Waals surface area contributed by atoms with Crippen LogP contribution in [-0.4, -0.2) is 39.9 Å². The number of aliphatic hydroxyl groups excluding tert-OH is 1. The fourth-order valence-corrected chi connectivity index (χ4v) is 3.85. The monoisotopic (exact) mass is 362 g/mol. The summed E-state index contributed by atoms with van der Waals surface area (Å²) < 4.78 is 16.6. The lowest BCUT2D eigenvalue weighted by Gasteiger charge is -2.37. The van der Waals surface area contributed by atoms with Crippen LogP contribution >= 0.6 is 0 Å². The van der Waals surface area contributed by atoms with E-state index in [1.807, 2.05) is 18.7 Å². The Morgan fingerprint density at radius 3 is 2.69 bits per heavy atom. The molecule has 0 amide bonds. The summed E-state index contributed by atoms with van der Waals surface area (Å²) in [6.07, 6.45) is 1.47. The average Bonchev–Trinajstić information content (AvgIpc) is 2.58. The topological polar surface area (TPSA) is 82.8 Å². The molecule has 1 aromatic carbocycles. The fourth-order valence-electron chi connectivity index (χ4n) is 3.85. The molecule has 6 nitrogen and oxygen atoms in total. The summed E-state index contributed by atoms with van der Waals surface area (Å²) in [5.74, 6) is -1.85. The van der Waals surface area contributed by atoms with Crippen molar-refractivity contribution in [3.63, 3.8) is 0 Å². The molecule has 0 unspecified atom stereocenters. The van der Waals surface area contributed by atoms with Gasteiger partial charge in [-0.05, 0) is 37.8 Å². The number of carbonyl (C=O) groups is 1. The number of halogens is 1. The molecule has 2 N–H and O–H groups in total. The zero-order valence-electron chi connectivity index (χ0n) is 15.1. The van der Waals surface area contributed by atoms with E-state index in [0.29, 0.717) is 42.8 Å². The van der Waals surface area contributed by atoms with Crippen molar-refractivity contribution < 1.29 is 19.4 Å². The van der Waals surface area contributed by atoms with Gasteiger partial charge in [-0.1, -0.05) is 6.92 Å². The SMILES string of the molecule is CCn1cc(C(=O)O)c(=O)c2cc(F)c(N3CC[C@H](O)[C@H](C)C3)c(C)c21. The molecule has 1 aromatic heterocycles. The Labute approximate surface area is 150 Å². The number of rotatable bonds is 3. The van der Waals surface area contributed by atoms with Gasteiger partial charge in [0.25, 0.3) is 0 Å².